The molecular weight excluding hydrogens is 424 g/mol. The molecule has 0 radical (unpaired) electrons. The van der Waals surface area contributed by atoms with Crippen LogP contribution in [0.1, 0.15) is 22.5 Å². The minimum Gasteiger partial charge on any atom is -0.493 e. The number of amides is 1. The summed E-state index contributed by atoms with van der Waals surface area (Å²) in [6.45, 7) is 1.28. The molecule has 7 heteroatoms. The van der Waals surface area contributed by atoms with E-state index in [9.17, 15) is 4.79 Å². The number of nitrogens with zero attached hydrogens (tertiary/aromatic N) is 2. The Labute approximate surface area is 169 Å². The third-order valence-corrected chi connectivity index (χ3v) is 6.18. The van der Waals surface area contributed by atoms with Gasteiger partial charge in [-0.05, 0) is 39.2 Å². The number of halogens is 1. The molecule has 2 aromatic carbocycles. The van der Waals surface area contributed by atoms with Gasteiger partial charge in [-0.15, -0.1) is 0 Å². The Morgan fingerprint density at radius 2 is 2.00 bits per heavy atom. The minimum atomic E-state index is -0.833. The average molecular weight is 439 g/mol. The Hall–Kier alpha value is -2.80. The predicted molar refractivity (Wildman–Crippen MR) is 104 cm³/mol. The molecular formula is C21H15BrN2O4. The summed E-state index contributed by atoms with van der Waals surface area (Å²) in [5.41, 5.74) is 3.08. The maximum Gasteiger partial charge on any atom is 0.246 e. The van der Waals surface area contributed by atoms with E-state index in [0.717, 1.165) is 40.3 Å². The largest absolute Gasteiger partial charge is 0.493 e. The van der Waals surface area contributed by atoms with Crippen molar-refractivity contribution in [1.82, 2.24) is 5.16 Å². The third-order valence-electron chi connectivity index (χ3n) is 5.80. The first-order valence-corrected chi connectivity index (χ1v) is 9.92. The first-order valence-electron chi connectivity index (χ1n) is 9.12. The zero-order valence-corrected chi connectivity index (χ0v) is 16.4. The second-order valence-corrected chi connectivity index (χ2v) is 8.09. The highest BCUT2D eigenvalue weighted by Crippen LogP contribution is 2.54. The molecule has 140 valence electrons. The predicted octanol–water partition coefficient (Wildman–Crippen LogP) is 3.60. The maximum atomic E-state index is 13.8. The molecule has 6 nitrogen and oxygen atoms in total. The number of ether oxygens (including phenoxy) is 2. The van der Waals surface area contributed by atoms with Crippen LogP contribution in [-0.4, -0.2) is 24.3 Å². The number of rotatable bonds is 2. The van der Waals surface area contributed by atoms with Gasteiger partial charge in [0.1, 0.15) is 28.1 Å². The van der Waals surface area contributed by atoms with E-state index in [1.165, 1.54) is 0 Å². The lowest BCUT2D eigenvalue weighted by atomic mass is 9.76. The number of carbonyl (C=O) groups excluding carboxylic acids is 1. The van der Waals surface area contributed by atoms with Gasteiger partial charge in [-0.25, -0.2) is 0 Å². The molecule has 1 spiro atoms. The lowest BCUT2D eigenvalue weighted by Gasteiger charge is -2.22. The summed E-state index contributed by atoms with van der Waals surface area (Å²) in [5, 5.41) is 3.87. The van der Waals surface area contributed by atoms with Crippen LogP contribution in [0.2, 0.25) is 0 Å². The van der Waals surface area contributed by atoms with Crippen LogP contribution in [0, 0.1) is 0 Å². The number of carbonyl (C=O) groups is 1. The van der Waals surface area contributed by atoms with Gasteiger partial charge in [-0.3, -0.25) is 4.79 Å². The molecule has 0 bridgehead atoms. The molecule has 3 aromatic rings. The van der Waals surface area contributed by atoms with Crippen LogP contribution >= 0.6 is 15.9 Å². The second kappa shape index (κ2) is 5.61. The lowest BCUT2D eigenvalue weighted by Crippen LogP contribution is -2.42. The fraction of sp³-hybridized carbons (Fsp3) is 0.238. The molecule has 0 saturated carbocycles. The molecule has 6 rings (SSSR count). The smallest absolute Gasteiger partial charge is 0.246 e. The normalized spacial score (nSPS) is 21.5. The van der Waals surface area contributed by atoms with Gasteiger partial charge >= 0.3 is 0 Å². The van der Waals surface area contributed by atoms with E-state index in [-0.39, 0.29) is 12.5 Å². The number of hydrogen-bond acceptors (Lipinski definition) is 5. The van der Waals surface area contributed by atoms with Crippen LogP contribution in [0.15, 0.2) is 51.6 Å². The Balaban J connectivity index is 1.51. The number of benzene rings is 2. The molecule has 0 aliphatic carbocycles. The van der Waals surface area contributed by atoms with Crippen molar-refractivity contribution in [3.63, 3.8) is 0 Å². The minimum absolute atomic E-state index is 0.00108. The third kappa shape index (κ3) is 2.02. The van der Waals surface area contributed by atoms with Crippen LogP contribution in [0.5, 0.6) is 11.5 Å². The zero-order valence-electron chi connectivity index (χ0n) is 14.8. The maximum absolute atomic E-state index is 13.8. The summed E-state index contributed by atoms with van der Waals surface area (Å²) in [4.78, 5) is 15.6. The van der Waals surface area contributed by atoms with Crippen molar-refractivity contribution < 1.29 is 18.8 Å². The molecule has 1 amide bonds. The monoisotopic (exact) mass is 438 g/mol. The lowest BCUT2D eigenvalue weighted by molar-refractivity contribution is -0.122. The molecule has 3 aliphatic heterocycles. The molecule has 0 saturated heterocycles. The molecule has 4 heterocycles. The van der Waals surface area contributed by atoms with Crippen LogP contribution < -0.4 is 14.4 Å². The van der Waals surface area contributed by atoms with Gasteiger partial charge < -0.3 is 18.9 Å². The summed E-state index contributed by atoms with van der Waals surface area (Å²) >= 11 is 3.30. The van der Waals surface area contributed by atoms with Crippen LogP contribution in [0.25, 0.3) is 0 Å². The van der Waals surface area contributed by atoms with E-state index in [1.54, 1.807) is 11.0 Å². The summed E-state index contributed by atoms with van der Waals surface area (Å²) in [6, 6.07) is 13.7. The fourth-order valence-corrected chi connectivity index (χ4v) is 4.85. The summed E-state index contributed by atoms with van der Waals surface area (Å²) < 4.78 is 17.6. The van der Waals surface area contributed by atoms with Crippen molar-refractivity contribution >= 4 is 27.5 Å². The van der Waals surface area contributed by atoms with Gasteiger partial charge in [0.05, 0.1) is 13.2 Å². The van der Waals surface area contributed by atoms with Gasteiger partial charge in [-0.2, -0.15) is 0 Å². The van der Waals surface area contributed by atoms with E-state index >= 15 is 0 Å². The molecule has 1 atom stereocenters. The van der Waals surface area contributed by atoms with Crippen molar-refractivity contribution in [1.29, 1.82) is 0 Å². The Bertz CT molecular complexity index is 1140. The van der Waals surface area contributed by atoms with E-state index in [2.05, 4.69) is 27.2 Å². The first kappa shape index (κ1) is 16.2. The number of fused-ring (bicyclic) bond motifs is 5. The number of anilines is 1. The SMILES string of the molecule is O=C1N(Cc2cc(Br)no2)c2ccccc2C12COc1cc3c(cc12)CCO3. The number of para-hydroxylation sites is 1. The van der Waals surface area contributed by atoms with Gasteiger partial charge in [0, 0.05) is 29.8 Å². The molecule has 3 aliphatic rings. The first-order chi connectivity index (χ1) is 13.7. The van der Waals surface area contributed by atoms with Gasteiger partial charge in [0.15, 0.2) is 5.76 Å². The van der Waals surface area contributed by atoms with E-state index in [1.807, 2.05) is 30.3 Å². The summed E-state index contributed by atoms with van der Waals surface area (Å²) in [7, 11) is 0. The number of hydrogen-bond donors (Lipinski definition) is 0. The van der Waals surface area contributed by atoms with Gasteiger partial charge in [-0.1, -0.05) is 23.4 Å². The molecule has 1 aromatic heterocycles. The Morgan fingerprint density at radius 3 is 2.86 bits per heavy atom. The van der Waals surface area contributed by atoms with Crippen LogP contribution in [0.4, 0.5) is 5.69 Å². The summed E-state index contributed by atoms with van der Waals surface area (Å²) in [6.07, 6.45) is 0.852. The van der Waals surface area contributed by atoms with Crippen molar-refractivity contribution in [2.45, 2.75) is 18.4 Å². The average Bonchev–Trinajstić information content (AvgIpc) is 3.45. The van der Waals surface area contributed by atoms with Crippen LogP contribution in [0.3, 0.4) is 0 Å². The van der Waals surface area contributed by atoms with Crippen molar-refractivity contribution in [3.05, 3.63) is 69.5 Å². The van der Waals surface area contributed by atoms with Crippen molar-refractivity contribution in [2.75, 3.05) is 18.1 Å². The molecule has 0 N–H and O–H groups in total. The zero-order chi connectivity index (χ0) is 18.9. The summed E-state index contributed by atoms with van der Waals surface area (Å²) in [5.74, 6) is 2.21. The van der Waals surface area contributed by atoms with Crippen molar-refractivity contribution in [2.24, 2.45) is 0 Å². The number of aromatic nitrogens is 1. The highest BCUT2D eigenvalue weighted by Gasteiger charge is 2.57. The highest BCUT2D eigenvalue weighted by atomic mass is 79.9. The quantitative estimate of drug-likeness (QED) is 0.611. The Kier molecular flexibility index (Phi) is 3.24. The van der Waals surface area contributed by atoms with E-state index in [4.69, 9.17) is 14.0 Å². The molecule has 1 unspecified atom stereocenters. The van der Waals surface area contributed by atoms with E-state index in [0.29, 0.717) is 23.5 Å². The molecule has 28 heavy (non-hydrogen) atoms. The van der Waals surface area contributed by atoms with E-state index < -0.39 is 5.41 Å². The van der Waals surface area contributed by atoms with Crippen molar-refractivity contribution in [3.8, 4) is 11.5 Å². The molecule has 0 fully saturated rings. The Morgan fingerprint density at radius 1 is 1.11 bits per heavy atom. The fourth-order valence-electron chi connectivity index (χ4n) is 4.52. The standard InChI is InChI=1S/C21H15BrN2O4/c22-19-8-13(28-23-19)10-24-16-4-2-1-3-14(16)21(20(24)25)11-27-18-9-17-12(5-6-26-17)7-15(18)21/h1-4,7-9H,5-6,10-11H2. The topological polar surface area (TPSA) is 64.8 Å². The van der Waals surface area contributed by atoms with Gasteiger partial charge in [0.25, 0.3) is 0 Å². The highest BCUT2D eigenvalue weighted by molar-refractivity contribution is 9.10. The second-order valence-electron chi connectivity index (χ2n) is 7.27. The van der Waals surface area contributed by atoms with Crippen LogP contribution in [-0.2, 0) is 23.2 Å². The van der Waals surface area contributed by atoms with Gasteiger partial charge in [0.2, 0.25) is 5.91 Å².